The third-order valence-electron chi connectivity index (χ3n) is 4.14. The molecular formula is C18H22BrClIN5. The Hall–Kier alpha value is -1.06. The lowest BCUT2D eigenvalue weighted by atomic mass is 10.2. The van der Waals surface area contributed by atoms with E-state index in [1.54, 1.807) is 13.2 Å². The molecule has 1 unspecified atom stereocenters. The number of nitrogens with one attached hydrogen (secondary N) is 2. The second-order valence-corrected chi connectivity index (χ2v) is 7.26. The molecule has 0 saturated carbocycles. The summed E-state index contributed by atoms with van der Waals surface area (Å²) in [5.74, 6) is 1.66. The summed E-state index contributed by atoms with van der Waals surface area (Å²) in [6, 6.07) is 12.3. The topological polar surface area (TPSA) is 52.6 Å². The predicted molar refractivity (Wildman–Crippen MR) is 123 cm³/mol. The van der Waals surface area contributed by atoms with Gasteiger partial charge in [0.2, 0.25) is 0 Å². The van der Waals surface area contributed by atoms with Crippen LogP contribution in [0.3, 0.4) is 0 Å². The van der Waals surface area contributed by atoms with Gasteiger partial charge in [0, 0.05) is 43.4 Å². The van der Waals surface area contributed by atoms with Crippen LogP contribution in [0.1, 0.15) is 12.0 Å². The first-order valence-corrected chi connectivity index (χ1v) is 9.40. The van der Waals surface area contributed by atoms with E-state index in [0.29, 0.717) is 11.1 Å². The van der Waals surface area contributed by atoms with Gasteiger partial charge in [-0.3, -0.25) is 4.99 Å². The summed E-state index contributed by atoms with van der Waals surface area (Å²) in [7, 11) is 1.79. The Morgan fingerprint density at radius 1 is 1.38 bits per heavy atom. The average molecular weight is 551 g/mol. The van der Waals surface area contributed by atoms with E-state index in [1.165, 1.54) is 5.56 Å². The fraction of sp³-hybridized carbons (Fsp3) is 0.333. The van der Waals surface area contributed by atoms with E-state index in [9.17, 15) is 0 Å². The van der Waals surface area contributed by atoms with Gasteiger partial charge in [0.15, 0.2) is 5.96 Å². The van der Waals surface area contributed by atoms with Crippen molar-refractivity contribution in [2.45, 2.75) is 19.0 Å². The lowest BCUT2D eigenvalue weighted by Crippen LogP contribution is -2.44. The van der Waals surface area contributed by atoms with Crippen molar-refractivity contribution in [2.24, 2.45) is 4.99 Å². The van der Waals surface area contributed by atoms with Gasteiger partial charge in [0.25, 0.3) is 0 Å². The number of rotatable bonds is 4. The summed E-state index contributed by atoms with van der Waals surface area (Å²) >= 11 is 9.75. The molecular weight excluding hydrogens is 528 g/mol. The molecule has 0 bridgehead atoms. The van der Waals surface area contributed by atoms with Gasteiger partial charge in [-0.1, -0.05) is 39.7 Å². The Morgan fingerprint density at radius 2 is 2.23 bits per heavy atom. The quantitative estimate of drug-likeness (QED) is 0.343. The maximum atomic E-state index is 6.25. The Labute approximate surface area is 184 Å². The van der Waals surface area contributed by atoms with Crippen LogP contribution in [0.5, 0.6) is 0 Å². The number of nitrogens with zero attached hydrogens (tertiary/aromatic N) is 3. The molecule has 1 aromatic heterocycles. The van der Waals surface area contributed by atoms with Gasteiger partial charge >= 0.3 is 0 Å². The van der Waals surface area contributed by atoms with Crippen molar-refractivity contribution in [2.75, 3.05) is 25.0 Å². The van der Waals surface area contributed by atoms with Crippen molar-refractivity contribution in [1.29, 1.82) is 0 Å². The maximum Gasteiger partial charge on any atom is 0.191 e. The van der Waals surface area contributed by atoms with E-state index in [0.717, 1.165) is 42.3 Å². The molecule has 5 nitrogen and oxygen atoms in total. The van der Waals surface area contributed by atoms with Crippen LogP contribution in [0, 0.1) is 0 Å². The van der Waals surface area contributed by atoms with Gasteiger partial charge in [0.05, 0.1) is 5.02 Å². The Balaban J connectivity index is 0.00000243. The van der Waals surface area contributed by atoms with E-state index < -0.39 is 0 Å². The number of aliphatic imine (C=N–C) groups is 1. The summed E-state index contributed by atoms with van der Waals surface area (Å²) in [4.78, 5) is 10.9. The van der Waals surface area contributed by atoms with Crippen molar-refractivity contribution in [1.82, 2.24) is 15.6 Å². The molecule has 3 rings (SSSR count). The van der Waals surface area contributed by atoms with Crippen LogP contribution in [0.25, 0.3) is 0 Å². The van der Waals surface area contributed by atoms with Crippen LogP contribution in [0.4, 0.5) is 5.82 Å². The normalized spacial score (nSPS) is 17.0. The van der Waals surface area contributed by atoms with Crippen molar-refractivity contribution in [3.63, 3.8) is 0 Å². The second kappa shape index (κ2) is 10.3. The third-order valence-corrected chi connectivity index (χ3v) is 4.93. The fourth-order valence-corrected chi connectivity index (χ4v) is 3.59. The third kappa shape index (κ3) is 5.72. The first-order valence-electron chi connectivity index (χ1n) is 8.23. The van der Waals surface area contributed by atoms with Gasteiger partial charge in [-0.2, -0.15) is 0 Å². The smallest absolute Gasteiger partial charge is 0.191 e. The van der Waals surface area contributed by atoms with Crippen molar-refractivity contribution in [3.05, 3.63) is 57.7 Å². The minimum Gasteiger partial charge on any atom is -0.353 e. The molecule has 26 heavy (non-hydrogen) atoms. The molecule has 0 spiro atoms. The zero-order valence-corrected chi connectivity index (χ0v) is 19.1. The summed E-state index contributed by atoms with van der Waals surface area (Å²) in [6.07, 6.45) is 2.80. The highest BCUT2D eigenvalue weighted by molar-refractivity contribution is 14.0. The lowest BCUT2D eigenvalue weighted by molar-refractivity contribution is 0.648. The van der Waals surface area contributed by atoms with Crippen LogP contribution < -0.4 is 15.5 Å². The van der Waals surface area contributed by atoms with E-state index in [1.807, 2.05) is 24.3 Å². The van der Waals surface area contributed by atoms with Gasteiger partial charge in [0.1, 0.15) is 5.82 Å². The number of aromatic nitrogens is 1. The molecule has 1 fully saturated rings. The van der Waals surface area contributed by atoms with Crippen LogP contribution in [-0.4, -0.2) is 37.1 Å². The van der Waals surface area contributed by atoms with Gasteiger partial charge in [-0.25, -0.2) is 4.98 Å². The molecule has 8 heteroatoms. The lowest BCUT2D eigenvalue weighted by Gasteiger charge is -2.20. The number of benzene rings is 1. The van der Waals surface area contributed by atoms with Gasteiger partial charge < -0.3 is 15.5 Å². The van der Waals surface area contributed by atoms with Crippen molar-refractivity contribution in [3.8, 4) is 0 Å². The van der Waals surface area contributed by atoms with E-state index in [4.69, 9.17) is 11.6 Å². The van der Waals surface area contributed by atoms with Gasteiger partial charge in [-0.15, -0.1) is 24.0 Å². The number of hydrogen-bond donors (Lipinski definition) is 2. The monoisotopic (exact) mass is 549 g/mol. The standard InChI is InChI=1S/C18H21BrClN5.HI/c1-21-18(23-11-13-4-2-5-14(19)10-13)24-15-7-9-25(12-15)17-16(20)6-3-8-22-17;/h2-6,8,10,15H,7,9,11-12H2,1H3,(H2,21,23,24);1H. The van der Waals surface area contributed by atoms with E-state index in [2.05, 4.69) is 53.6 Å². The molecule has 2 heterocycles. The maximum absolute atomic E-state index is 6.25. The zero-order chi connectivity index (χ0) is 17.6. The molecule has 140 valence electrons. The minimum atomic E-state index is 0. The average Bonchev–Trinajstić information content (AvgIpc) is 3.07. The van der Waals surface area contributed by atoms with Crippen LogP contribution >= 0.6 is 51.5 Å². The number of halogens is 3. The van der Waals surface area contributed by atoms with Crippen LogP contribution in [-0.2, 0) is 6.54 Å². The molecule has 0 radical (unpaired) electrons. The summed E-state index contributed by atoms with van der Waals surface area (Å²) in [6.45, 7) is 2.51. The van der Waals surface area contributed by atoms with Crippen LogP contribution in [0.2, 0.25) is 5.02 Å². The highest BCUT2D eigenvalue weighted by Gasteiger charge is 2.25. The fourth-order valence-electron chi connectivity index (χ4n) is 2.90. The molecule has 2 aromatic rings. The highest BCUT2D eigenvalue weighted by Crippen LogP contribution is 2.25. The zero-order valence-electron chi connectivity index (χ0n) is 14.5. The Morgan fingerprint density at radius 3 is 2.96 bits per heavy atom. The van der Waals surface area contributed by atoms with Crippen LogP contribution in [0.15, 0.2) is 52.1 Å². The summed E-state index contributed by atoms with van der Waals surface area (Å²) in [5.41, 5.74) is 1.20. The number of hydrogen-bond acceptors (Lipinski definition) is 3. The van der Waals surface area contributed by atoms with E-state index >= 15 is 0 Å². The molecule has 1 saturated heterocycles. The summed E-state index contributed by atoms with van der Waals surface area (Å²) < 4.78 is 1.08. The molecule has 1 aliphatic heterocycles. The first-order chi connectivity index (χ1) is 12.2. The minimum absolute atomic E-state index is 0. The molecule has 1 aromatic carbocycles. The number of pyridine rings is 1. The number of anilines is 1. The SMILES string of the molecule is CN=C(NCc1cccc(Br)c1)NC1CCN(c2ncccc2Cl)C1.I. The Bertz CT molecular complexity index is 758. The Kier molecular flexibility index (Phi) is 8.43. The van der Waals surface area contributed by atoms with Crippen molar-refractivity contribution < 1.29 is 0 Å². The second-order valence-electron chi connectivity index (χ2n) is 5.94. The predicted octanol–water partition coefficient (Wildman–Crippen LogP) is 4.06. The summed E-state index contributed by atoms with van der Waals surface area (Å²) in [5, 5.41) is 7.54. The molecule has 0 amide bonds. The van der Waals surface area contributed by atoms with Crippen molar-refractivity contribution >= 4 is 63.3 Å². The highest BCUT2D eigenvalue weighted by atomic mass is 127. The molecule has 1 atom stereocenters. The molecule has 0 aliphatic carbocycles. The molecule has 2 N–H and O–H groups in total. The number of guanidine groups is 1. The largest absolute Gasteiger partial charge is 0.353 e. The van der Waals surface area contributed by atoms with E-state index in [-0.39, 0.29) is 24.0 Å². The first kappa shape index (κ1) is 21.2. The van der Waals surface area contributed by atoms with Gasteiger partial charge in [-0.05, 0) is 36.2 Å². The molecule has 1 aliphatic rings.